The number of sulfone groups is 1. The summed E-state index contributed by atoms with van der Waals surface area (Å²) in [4.78, 5) is 6.97. The molecular weight excluding hydrogens is 542 g/mol. The summed E-state index contributed by atoms with van der Waals surface area (Å²) >= 11 is 0. The number of aliphatic imine (C=N–C) groups is 1. The van der Waals surface area contributed by atoms with E-state index in [9.17, 15) is 12.8 Å². The van der Waals surface area contributed by atoms with Gasteiger partial charge in [-0.3, -0.25) is 4.99 Å². The molecule has 0 spiro atoms. The van der Waals surface area contributed by atoms with Crippen molar-refractivity contribution in [2.45, 2.75) is 37.1 Å². The van der Waals surface area contributed by atoms with E-state index >= 15 is 0 Å². The molecule has 1 aliphatic heterocycles. The first kappa shape index (κ1) is 26.4. The van der Waals surface area contributed by atoms with Crippen molar-refractivity contribution in [3.63, 3.8) is 0 Å². The topological polar surface area (TPSA) is 73.8 Å². The predicted octanol–water partition coefficient (Wildman–Crippen LogP) is 3.53. The zero-order valence-electron chi connectivity index (χ0n) is 18.8. The zero-order chi connectivity index (χ0) is 22.4. The van der Waals surface area contributed by atoms with E-state index in [4.69, 9.17) is 0 Å². The molecule has 2 aromatic rings. The third-order valence-corrected chi connectivity index (χ3v) is 6.67. The van der Waals surface area contributed by atoms with Crippen LogP contribution in [-0.2, 0) is 16.3 Å². The third kappa shape index (κ3) is 7.33. The largest absolute Gasteiger partial charge is 0.369 e. The van der Waals surface area contributed by atoms with E-state index in [0.717, 1.165) is 55.1 Å². The van der Waals surface area contributed by atoms with Crippen LogP contribution in [0.4, 0.5) is 10.1 Å². The molecule has 1 unspecified atom stereocenters. The predicted molar refractivity (Wildman–Crippen MR) is 140 cm³/mol. The Balaban J connectivity index is 0.00000363. The number of nitrogens with one attached hydrogen (secondary N) is 2. The average molecular weight is 575 g/mol. The number of hydrogen-bond donors (Lipinski definition) is 2. The molecule has 2 aromatic carbocycles. The van der Waals surface area contributed by atoms with Gasteiger partial charge in [0.15, 0.2) is 15.8 Å². The minimum absolute atomic E-state index is 0. The van der Waals surface area contributed by atoms with Crippen molar-refractivity contribution in [3.8, 4) is 0 Å². The molecular formula is C23H32FIN4O2S. The Hall–Kier alpha value is -1.88. The van der Waals surface area contributed by atoms with Crippen molar-refractivity contribution in [1.29, 1.82) is 0 Å². The molecule has 1 fully saturated rings. The van der Waals surface area contributed by atoms with Crippen molar-refractivity contribution >= 4 is 45.5 Å². The third-order valence-electron chi connectivity index (χ3n) is 5.54. The van der Waals surface area contributed by atoms with Gasteiger partial charge in [0.25, 0.3) is 0 Å². The molecule has 6 nitrogen and oxygen atoms in total. The number of nitrogens with zero attached hydrogens (tertiary/aromatic N) is 2. The van der Waals surface area contributed by atoms with E-state index in [2.05, 4.69) is 20.5 Å². The highest BCUT2D eigenvalue weighted by Crippen LogP contribution is 2.24. The highest BCUT2D eigenvalue weighted by molar-refractivity contribution is 14.0. The fourth-order valence-electron chi connectivity index (χ4n) is 3.90. The summed E-state index contributed by atoms with van der Waals surface area (Å²) in [5.74, 6) is 0.541. The molecule has 0 bridgehead atoms. The summed E-state index contributed by atoms with van der Waals surface area (Å²) in [5, 5.41) is 6.83. The average Bonchev–Trinajstić information content (AvgIpc) is 2.73. The van der Waals surface area contributed by atoms with Crippen LogP contribution in [0.2, 0.25) is 0 Å². The number of benzene rings is 2. The van der Waals surface area contributed by atoms with Gasteiger partial charge >= 0.3 is 0 Å². The van der Waals surface area contributed by atoms with Crippen molar-refractivity contribution in [2.24, 2.45) is 4.99 Å². The van der Waals surface area contributed by atoms with E-state index in [1.807, 2.05) is 25.1 Å². The molecule has 176 valence electrons. The Labute approximate surface area is 207 Å². The lowest BCUT2D eigenvalue weighted by molar-refractivity contribution is 0.467. The summed E-state index contributed by atoms with van der Waals surface area (Å²) in [5.41, 5.74) is 3.09. The number of aryl methyl sites for hydroxylation is 1. The van der Waals surface area contributed by atoms with E-state index < -0.39 is 9.84 Å². The van der Waals surface area contributed by atoms with Crippen molar-refractivity contribution in [1.82, 2.24) is 10.6 Å². The Morgan fingerprint density at radius 2 is 1.94 bits per heavy atom. The summed E-state index contributed by atoms with van der Waals surface area (Å²) in [6.07, 6.45) is 4.07. The second kappa shape index (κ2) is 11.8. The lowest BCUT2D eigenvalue weighted by Gasteiger charge is -2.36. The van der Waals surface area contributed by atoms with Crippen LogP contribution in [0.3, 0.4) is 0 Å². The molecule has 9 heteroatoms. The van der Waals surface area contributed by atoms with Gasteiger partial charge < -0.3 is 15.5 Å². The van der Waals surface area contributed by atoms with E-state index in [0.29, 0.717) is 11.4 Å². The smallest absolute Gasteiger partial charge is 0.191 e. The van der Waals surface area contributed by atoms with Crippen LogP contribution in [-0.4, -0.2) is 53.4 Å². The number of halogens is 2. The molecule has 0 aliphatic carbocycles. The second-order valence-corrected chi connectivity index (χ2v) is 10.0. The fraction of sp³-hybridized carbons (Fsp3) is 0.435. The Kier molecular flexibility index (Phi) is 9.75. The Morgan fingerprint density at radius 3 is 2.56 bits per heavy atom. The molecule has 0 saturated carbocycles. The molecule has 2 N–H and O–H groups in total. The van der Waals surface area contributed by atoms with Gasteiger partial charge in [0.2, 0.25) is 0 Å². The van der Waals surface area contributed by atoms with Crippen LogP contribution in [0, 0.1) is 12.7 Å². The highest BCUT2D eigenvalue weighted by Gasteiger charge is 2.22. The number of piperidine rings is 1. The van der Waals surface area contributed by atoms with Gasteiger partial charge in [-0.25, -0.2) is 12.8 Å². The number of hydrogen-bond acceptors (Lipinski definition) is 4. The van der Waals surface area contributed by atoms with Crippen LogP contribution in [0.25, 0.3) is 0 Å². The van der Waals surface area contributed by atoms with Gasteiger partial charge in [-0.2, -0.15) is 0 Å². The Morgan fingerprint density at radius 1 is 1.22 bits per heavy atom. The van der Waals surface area contributed by atoms with Crippen LogP contribution in [0.5, 0.6) is 0 Å². The van der Waals surface area contributed by atoms with Crippen LogP contribution in [0.15, 0.2) is 52.4 Å². The fourth-order valence-corrected chi connectivity index (χ4v) is 4.53. The second-order valence-electron chi connectivity index (χ2n) is 8.03. The summed E-state index contributed by atoms with van der Waals surface area (Å²) in [6.45, 7) is 4.42. The first-order valence-corrected chi connectivity index (χ1v) is 12.4. The number of rotatable bonds is 6. The molecule has 1 atom stereocenters. The molecule has 0 radical (unpaired) electrons. The van der Waals surface area contributed by atoms with Crippen molar-refractivity contribution in [2.75, 3.05) is 37.8 Å². The van der Waals surface area contributed by atoms with Crippen molar-refractivity contribution < 1.29 is 12.8 Å². The van der Waals surface area contributed by atoms with Gasteiger partial charge in [-0.05, 0) is 67.6 Å². The number of guanidine groups is 1. The lowest BCUT2D eigenvalue weighted by atomic mass is 10.0. The van der Waals surface area contributed by atoms with E-state index in [1.54, 1.807) is 25.2 Å². The molecule has 0 aromatic heterocycles. The van der Waals surface area contributed by atoms with Gasteiger partial charge in [0.1, 0.15) is 5.82 Å². The minimum Gasteiger partial charge on any atom is -0.369 e. The minimum atomic E-state index is -3.17. The molecule has 0 amide bonds. The maximum atomic E-state index is 13.4. The van der Waals surface area contributed by atoms with E-state index in [1.165, 1.54) is 12.3 Å². The van der Waals surface area contributed by atoms with Gasteiger partial charge in [0.05, 0.1) is 4.90 Å². The first-order chi connectivity index (χ1) is 14.8. The highest BCUT2D eigenvalue weighted by atomic mass is 127. The van der Waals surface area contributed by atoms with Gasteiger partial charge in [-0.15, -0.1) is 24.0 Å². The monoisotopic (exact) mass is 574 g/mol. The Bertz CT molecular complexity index is 1030. The maximum Gasteiger partial charge on any atom is 0.191 e. The molecule has 1 heterocycles. The maximum absolute atomic E-state index is 13.4. The quantitative estimate of drug-likeness (QED) is 0.314. The van der Waals surface area contributed by atoms with Crippen LogP contribution >= 0.6 is 24.0 Å². The van der Waals surface area contributed by atoms with Gasteiger partial charge in [0, 0.05) is 44.7 Å². The van der Waals surface area contributed by atoms with Gasteiger partial charge in [-0.1, -0.05) is 12.1 Å². The van der Waals surface area contributed by atoms with Crippen LogP contribution in [0.1, 0.15) is 24.0 Å². The summed E-state index contributed by atoms with van der Waals surface area (Å²) in [7, 11) is -1.42. The summed E-state index contributed by atoms with van der Waals surface area (Å²) in [6, 6.07) is 12.2. The number of anilines is 1. The lowest BCUT2D eigenvalue weighted by Crippen LogP contribution is -2.51. The van der Waals surface area contributed by atoms with Crippen molar-refractivity contribution in [3.05, 3.63) is 59.4 Å². The standard InChI is InChI=1S/C23H31FN4O2S.HI/c1-17-15-19(24)8-11-22(17)28-14-4-5-20(16-28)27-23(25-2)26-13-12-18-6-9-21(10-7-18)31(3,29)30;/h6-11,15,20H,4-5,12-14,16H2,1-3H3,(H2,25,26,27);1H. The zero-order valence-corrected chi connectivity index (χ0v) is 21.9. The van der Waals surface area contributed by atoms with Crippen LogP contribution < -0.4 is 15.5 Å². The first-order valence-electron chi connectivity index (χ1n) is 10.5. The molecule has 3 rings (SSSR count). The van der Waals surface area contributed by atoms with E-state index in [-0.39, 0.29) is 35.8 Å². The molecule has 1 aliphatic rings. The normalized spacial score (nSPS) is 16.9. The molecule has 1 saturated heterocycles. The molecule has 32 heavy (non-hydrogen) atoms. The summed E-state index contributed by atoms with van der Waals surface area (Å²) < 4.78 is 36.6. The SMILES string of the molecule is CN=C(NCCc1ccc(S(C)(=O)=O)cc1)NC1CCCN(c2ccc(F)cc2C)C1.I.